The Morgan fingerprint density at radius 1 is 1.29 bits per heavy atom. The van der Waals surface area contributed by atoms with Crippen molar-refractivity contribution in [2.75, 3.05) is 0 Å². The lowest BCUT2D eigenvalue weighted by atomic mass is 10.2. The standard InChI is InChI=1S/C13H10ClN3O4/c1-9(16(18)19)6-10-4-5-15(8-10)12-3-2-11(14)7-13(12)17(20)21/h2-8H,1H3/b9-6+. The van der Waals surface area contributed by atoms with Crippen molar-refractivity contribution in [1.82, 2.24) is 4.57 Å². The summed E-state index contributed by atoms with van der Waals surface area (Å²) in [5, 5.41) is 21.9. The van der Waals surface area contributed by atoms with E-state index in [0.29, 0.717) is 11.3 Å². The average Bonchev–Trinajstić information content (AvgIpc) is 2.86. The van der Waals surface area contributed by atoms with E-state index in [2.05, 4.69) is 0 Å². The van der Waals surface area contributed by atoms with E-state index in [-0.39, 0.29) is 16.4 Å². The van der Waals surface area contributed by atoms with Crippen molar-refractivity contribution in [2.24, 2.45) is 0 Å². The number of benzene rings is 1. The highest BCUT2D eigenvalue weighted by atomic mass is 35.5. The number of nitro benzene ring substituents is 1. The van der Waals surface area contributed by atoms with Gasteiger partial charge in [-0.25, -0.2) is 0 Å². The minimum atomic E-state index is -0.529. The van der Waals surface area contributed by atoms with Gasteiger partial charge in [-0.1, -0.05) is 11.6 Å². The number of aromatic nitrogens is 1. The number of hydrogen-bond acceptors (Lipinski definition) is 4. The minimum Gasteiger partial charge on any atom is -0.317 e. The van der Waals surface area contributed by atoms with Crippen LogP contribution in [0.25, 0.3) is 11.8 Å². The maximum absolute atomic E-state index is 11.1. The highest BCUT2D eigenvalue weighted by Gasteiger charge is 2.16. The molecule has 2 rings (SSSR count). The van der Waals surface area contributed by atoms with Crippen molar-refractivity contribution in [3.8, 4) is 5.69 Å². The molecule has 0 spiro atoms. The summed E-state index contributed by atoms with van der Waals surface area (Å²) in [6.45, 7) is 1.38. The normalized spacial score (nSPS) is 11.4. The predicted molar refractivity (Wildman–Crippen MR) is 78.1 cm³/mol. The van der Waals surface area contributed by atoms with E-state index in [9.17, 15) is 20.2 Å². The van der Waals surface area contributed by atoms with E-state index in [1.807, 2.05) is 0 Å². The highest BCUT2D eigenvalue weighted by Crippen LogP contribution is 2.27. The maximum atomic E-state index is 11.1. The topological polar surface area (TPSA) is 91.2 Å². The molecule has 0 aliphatic rings. The molecule has 1 heterocycles. The molecule has 7 nitrogen and oxygen atoms in total. The summed E-state index contributed by atoms with van der Waals surface area (Å²) >= 11 is 5.76. The van der Waals surface area contributed by atoms with Crippen LogP contribution in [0.15, 0.2) is 42.4 Å². The first-order chi connectivity index (χ1) is 9.88. The van der Waals surface area contributed by atoms with Gasteiger partial charge in [0.25, 0.3) is 5.69 Å². The van der Waals surface area contributed by atoms with E-state index in [4.69, 9.17) is 11.6 Å². The molecule has 0 amide bonds. The second kappa shape index (κ2) is 5.76. The largest absolute Gasteiger partial charge is 0.317 e. The molecule has 108 valence electrons. The van der Waals surface area contributed by atoms with Gasteiger partial charge in [-0.3, -0.25) is 20.2 Å². The van der Waals surface area contributed by atoms with Gasteiger partial charge in [0.05, 0.1) is 9.85 Å². The third-order valence-electron chi connectivity index (χ3n) is 2.79. The van der Waals surface area contributed by atoms with Crippen molar-refractivity contribution in [2.45, 2.75) is 6.92 Å². The Bertz CT molecular complexity index is 752. The molecule has 8 heteroatoms. The fourth-order valence-electron chi connectivity index (χ4n) is 1.80. The summed E-state index contributed by atoms with van der Waals surface area (Å²) in [5.74, 6) is 0. The Morgan fingerprint density at radius 3 is 2.62 bits per heavy atom. The fourth-order valence-corrected chi connectivity index (χ4v) is 1.97. The Kier molecular flexibility index (Phi) is 4.04. The molecule has 0 saturated heterocycles. The Labute approximate surface area is 124 Å². The van der Waals surface area contributed by atoms with Gasteiger partial charge in [0, 0.05) is 36.5 Å². The van der Waals surface area contributed by atoms with Crippen molar-refractivity contribution < 1.29 is 9.85 Å². The van der Waals surface area contributed by atoms with E-state index >= 15 is 0 Å². The predicted octanol–water partition coefficient (Wildman–Crippen LogP) is 3.68. The zero-order chi connectivity index (χ0) is 15.6. The summed E-state index contributed by atoms with van der Waals surface area (Å²) < 4.78 is 1.52. The molecule has 1 aromatic carbocycles. The van der Waals surface area contributed by atoms with Gasteiger partial charge in [-0.15, -0.1) is 0 Å². The third-order valence-corrected chi connectivity index (χ3v) is 3.03. The van der Waals surface area contributed by atoms with Crippen LogP contribution in [0.2, 0.25) is 5.02 Å². The molecule has 0 saturated carbocycles. The first-order valence-corrected chi connectivity index (χ1v) is 6.21. The summed E-state index contributed by atoms with van der Waals surface area (Å²) in [4.78, 5) is 20.6. The Balaban J connectivity index is 2.45. The van der Waals surface area contributed by atoms with Gasteiger partial charge >= 0.3 is 0 Å². The lowest BCUT2D eigenvalue weighted by molar-refractivity contribution is -0.422. The van der Waals surface area contributed by atoms with Crippen molar-refractivity contribution >= 4 is 23.4 Å². The van der Waals surface area contributed by atoms with Crippen LogP contribution in [0.1, 0.15) is 12.5 Å². The summed E-state index contributed by atoms with van der Waals surface area (Å²) in [7, 11) is 0. The second-order valence-corrected chi connectivity index (χ2v) is 4.72. The van der Waals surface area contributed by atoms with Crippen LogP contribution < -0.4 is 0 Å². The molecule has 0 radical (unpaired) electrons. The first kappa shape index (κ1) is 14.7. The number of hydrogen-bond donors (Lipinski definition) is 0. The molecule has 1 aromatic heterocycles. The van der Waals surface area contributed by atoms with Gasteiger partial charge in [0.1, 0.15) is 5.69 Å². The van der Waals surface area contributed by atoms with Crippen molar-refractivity contribution in [1.29, 1.82) is 0 Å². The molecule has 0 aliphatic carbocycles. The minimum absolute atomic E-state index is 0.0154. The van der Waals surface area contributed by atoms with Crippen molar-refractivity contribution in [3.05, 3.63) is 73.2 Å². The van der Waals surface area contributed by atoms with Crippen LogP contribution in [0.4, 0.5) is 5.69 Å². The van der Waals surface area contributed by atoms with Crippen LogP contribution in [-0.2, 0) is 0 Å². The van der Waals surface area contributed by atoms with Gasteiger partial charge < -0.3 is 4.57 Å². The smallest absolute Gasteiger partial charge is 0.294 e. The molecule has 0 atom stereocenters. The number of nitrogens with zero attached hydrogens (tertiary/aromatic N) is 3. The Hall–Kier alpha value is -2.67. The summed E-state index contributed by atoms with van der Waals surface area (Å²) in [6.07, 6.45) is 4.55. The molecule has 0 unspecified atom stereocenters. The van der Waals surface area contributed by atoms with E-state index in [1.165, 1.54) is 29.7 Å². The summed E-state index contributed by atoms with van der Waals surface area (Å²) in [5.41, 5.74) is 0.759. The first-order valence-electron chi connectivity index (χ1n) is 5.83. The molecule has 0 bridgehead atoms. The number of allylic oxidation sites excluding steroid dienone is 1. The third kappa shape index (κ3) is 3.26. The number of halogens is 1. The molecule has 2 aromatic rings. The fraction of sp³-hybridized carbons (Fsp3) is 0.0769. The van der Waals surface area contributed by atoms with E-state index < -0.39 is 9.85 Å². The molecule has 21 heavy (non-hydrogen) atoms. The van der Waals surface area contributed by atoms with Crippen LogP contribution in [0.3, 0.4) is 0 Å². The maximum Gasteiger partial charge on any atom is 0.294 e. The molecule has 0 fully saturated rings. The zero-order valence-electron chi connectivity index (χ0n) is 10.9. The number of rotatable bonds is 4. The number of nitro groups is 2. The summed E-state index contributed by atoms with van der Waals surface area (Å²) in [6, 6.07) is 5.95. The van der Waals surface area contributed by atoms with Crippen LogP contribution in [0.5, 0.6) is 0 Å². The van der Waals surface area contributed by atoms with Crippen LogP contribution >= 0.6 is 11.6 Å². The zero-order valence-corrected chi connectivity index (χ0v) is 11.6. The van der Waals surface area contributed by atoms with Gasteiger partial charge in [-0.2, -0.15) is 0 Å². The van der Waals surface area contributed by atoms with E-state index in [1.54, 1.807) is 24.5 Å². The van der Waals surface area contributed by atoms with Crippen molar-refractivity contribution in [3.63, 3.8) is 0 Å². The van der Waals surface area contributed by atoms with Crippen LogP contribution in [-0.4, -0.2) is 14.4 Å². The Morgan fingerprint density at radius 2 is 2.00 bits per heavy atom. The average molecular weight is 308 g/mol. The monoisotopic (exact) mass is 307 g/mol. The lowest BCUT2D eigenvalue weighted by Gasteiger charge is -2.04. The molecular formula is C13H10ClN3O4. The molecular weight excluding hydrogens is 298 g/mol. The second-order valence-electron chi connectivity index (χ2n) is 4.29. The SMILES string of the molecule is C/C(=C\c1ccn(-c2ccc(Cl)cc2[N+](=O)[O-])c1)[N+](=O)[O-]. The quantitative estimate of drug-likeness (QED) is 0.636. The lowest BCUT2D eigenvalue weighted by Crippen LogP contribution is -1.98. The van der Waals surface area contributed by atoms with Gasteiger partial charge in [0.2, 0.25) is 5.70 Å². The van der Waals surface area contributed by atoms with Gasteiger partial charge in [0.15, 0.2) is 0 Å². The highest BCUT2D eigenvalue weighted by molar-refractivity contribution is 6.30. The molecule has 0 aliphatic heterocycles. The van der Waals surface area contributed by atoms with Gasteiger partial charge in [-0.05, 0) is 23.8 Å². The molecule has 0 N–H and O–H groups in total. The van der Waals surface area contributed by atoms with Crippen LogP contribution in [0, 0.1) is 20.2 Å². The van der Waals surface area contributed by atoms with E-state index in [0.717, 1.165) is 0 Å².